The second kappa shape index (κ2) is 7.43. The molecule has 0 radical (unpaired) electrons. The molecule has 3 rings (SSSR count). The first-order valence-corrected chi connectivity index (χ1v) is 8.14. The number of anilines is 2. The highest BCUT2D eigenvalue weighted by molar-refractivity contribution is 6.33. The fourth-order valence-corrected chi connectivity index (χ4v) is 2.96. The van der Waals surface area contributed by atoms with Crippen LogP contribution in [0.25, 0.3) is 0 Å². The van der Waals surface area contributed by atoms with Gasteiger partial charge in [0.15, 0.2) is 0 Å². The molecule has 0 saturated carbocycles. The molecule has 0 aliphatic carbocycles. The number of amides is 2. The first-order chi connectivity index (χ1) is 12.1. The predicted octanol–water partition coefficient (Wildman–Crippen LogP) is 1.83. The quantitative estimate of drug-likeness (QED) is 0.769. The molecule has 1 aromatic heterocycles. The summed E-state index contributed by atoms with van der Waals surface area (Å²) in [5.41, 5.74) is 0.794. The van der Waals surface area contributed by atoms with Crippen molar-refractivity contribution in [1.82, 2.24) is 15.5 Å². The van der Waals surface area contributed by atoms with Gasteiger partial charge in [-0.05, 0) is 18.6 Å². The fraction of sp³-hybridized carbons (Fsp3) is 0.312. The van der Waals surface area contributed by atoms with E-state index >= 15 is 0 Å². The molecule has 2 heterocycles. The molecule has 1 saturated heterocycles. The van der Waals surface area contributed by atoms with E-state index in [1.54, 1.807) is 31.4 Å². The first kappa shape index (κ1) is 17.1. The minimum Gasteiger partial charge on any atom is -0.497 e. The molecule has 1 atom stereocenters. The number of nitrogens with one attached hydrogen (secondary N) is 3. The SMILES string of the molecule is COc1cccc(NC(=O)N[C@@H]2CCN(c3cn[nH]c(=O)c3Cl)C2)c1. The third-order valence-electron chi connectivity index (χ3n) is 3.97. The summed E-state index contributed by atoms with van der Waals surface area (Å²) in [6.07, 6.45) is 2.26. The molecular formula is C16H18ClN5O3. The summed E-state index contributed by atoms with van der Waals surface area (Å²) in [5.74, 6) is 0.668. The zero-order valence-electron chi connectivity index (χ0n) is 13.6. The number of hydrogen-bond donors (Lipinski definition) is 3. The van der Waals surface area contributed by atoms with Gasteiger partial charge >= 0.3 is 6.03 Å². The lowest BCUT2D eigenvalue weighted by Gasteiger charge is -2.19. The van der Waals surface area contributed by atoms with E-state index in [0.717, 1.165) is 6.42 Å². The van der Waals surface area contributed by atoms with E-state index in [0.29, 0.717) is 30.2 Å². The normalized spacial score (nSPS) is 16.6. The van der Waals surface area contributed by atoms with Gasteiger partial charge in [0.25, 0.3) is 5.56 Å². The smallest absolute Gasteiger partial charge is 0.319 e. The Morgan fingerprint density at radius 3 is 3.12 bits per heavy atom. The van der Waals surface area contributed by atoms with Gasteiger partial charge in [0.05, 0.1) is 19.0 Å². The highest BCUT2D eigenvalue weighted by atomic mass is 35.5. The largest absolute Gasteiger partial charge is 0.497 e. The lowest BCUT2D eigenvalue weighted by molar-refractivity contribution is 0.249. The van der Waals surface area contributed by atoms with Crippen LogP contribution >= 0.6 is 11.6 Å². The van der Waals surface area contributed by atoms with E-state index in [4.69, 9.17) is 16.3 Å². The third kappa shape index (κ3) is 4.03. The van der Waals surface area contributed by atoms with Crippen LogP contribution in [0.5, 0.6) is 5.75 Å². The summed E-state index contributed by atoms with van der Waals surface area (Å²) >= 11 is 6.03. The average molecular weight is 364 g/mol. The number of benzene rings is 1. The Balaban J connectivity index is 1.58. The zero-order chi connectivity index (χ0) is 17.8. The topological polar surface area (TPSA) is 99.3 Å². The second-order valence-electron chi connectivity index (χ2n) is 5.66. The van der Waals surface area contributed by atoms with Crippen molar-refractivity contribution in [2.24, 2.45) is 0 Å². The molecule has 0 unspecified atom stereocenters. The van der Waals surface area contributed by atoms with E-state index in [-0.39, 0.29) is 17.1 Å². The van der Waals surface area contributed by atoms with Gasteiger partial charge in [-0.2, -0.15) is 5.10 Å². The number of aromatic nitrogens is 2. The number of halogens is 1. The Bertz CT molecular complexity index is 825. The molecule has 2 amide bonds. The number of aromatic amines is 1. The number of urea groups is 1. The molecule has 1 fully saturated rings. The number of carbonyl (C=O) groups is 1. The van der Waals surface area contributed by atoms with Crippen LogP contribution in [0, 0.1) is 0 Å². The molecule has 0 spiro atoms. The van der Waals surface area contributed by atoms with Crippen LogP contribution in [0.4, 0.5) is 16.2 Å². The maximum Gasteiger partial charge on any atom is 0.319 e. The van der Waals surface area contributed by atoms with Crippen LogP contribution in [0.3, 0.4) is 0 Å². The Kier molecular flexibility index (Phi) is 5.08. The Hall–Kier alpha value is -2.74. The van der Waals surface area contributed by atoms with Gasteiger partial charge in [0.2, 0.25) is 0 Å². The summed E-state index contributed by atoms with van der Waals surface area (Å²) < 4.78 is 5.13. The molecule has 132 valence electrons. The minimum atomic E-state index is -0.425. The molecular weight excluding hydrogens is 346 g/mol. The molecule has 1 aliphatic heterocycles. The van der Waals surface area contributed by atoms with Crippen LogP contribution < -0.4 is 25.8 Å². The fourth-order valence-electron chi connectivity index (χ4n) is 2.74. The summed E-state index contributed by atoms with van der Waals surface area (Å²) in [6, 6.07) is 6.77. The van der Waals surface area contributed by atoms with E-state index in [1.165, 1.54) is 6.20 Å². The number of ether oxygens (including phenoxy) is 1. The molecule has 1 aromatic carbocycles. The van der Waals surface area contributed by atoms with E-state index in [2.05, 4.69) is 20.8 Å². The maximum absolute atomic E-state index is 12.2. The van der Waals surface area contributed by atoms with Crippen molar-refractivity contribution in [3.8, 4) is 5.75 Å². The summed E-state index contributed by atoms with van der Waals surface area (Å²) in [6.45, 7) is 1.23. The van der Waals surface area contributed by atoms with Crippen LogP contribution in [0.15, 0.2) is 35.3 Å². The number of nitrogens with zero attached hydrogens (tertiary/aromatic N) is 2. The minimum absolute atomic E-state index is 0.0547. The summed E-state index contributed by atoms with van der Waals surface area (Å²) in [5, 5.41) is 11.9. The number of H-pyrrole nitrogens is 1. The van der Waals surface area contributed by atoms with E-state index in [9.17, 15) is 9.59 Å². The highest BCUT2D eigenvalue weighted by Crippen LogP contribution is 2.24. The van der Waals surface area contributed by atoms with Crippen LogP contribution in [0.2, 0.25) is 5.02 Å². The zero-order valence-corrected chi connectivity index (χ0v) is 14.3. The molecule has 1 aliphatic rings. The summed E-state index contributed by atoms with van der Waals surface area (Å²) in [4.78, 5) is 25.6. The van der Waals surface area contributed by atoms with Gasteiger partial charge in [-0.1, -0.05) is 17.7 Å². The van der Waals surface area contributed by atoms with Crippen LogP contribution in [-0.4, -0.2) is 42.5 Å². The molecule has 9 heteroatoms. The molecule has 2 aromatic rings. The maximum atomic E-state index is 12.2. The predicted molar refractivity (Wildman–Crippen MR) is 95.6 cm³/mol. The number of methoxy groups -OCH3 is 1. The average Bonchev–Trinajstić information content (AvgIpc) is 3.05. The van der Waals surface area contributed by atoms with Crippen molar-refractivity contribution in [3.05, 3.63) is 45.8 Å². The lowest BCUT2D eigenvalue weighted by Crippen LogP contribution is -2.39. The number of carbonyl (C=O) groups excluding carboxylic acids is 1. The Labute approximate surface area is 149 Å². The highest BCUT2D eigenvalue weighted by Gasteiger charge is 2.26. The van der Waals surface area contributed by atoms with Crippen molar-refractivity contribution >= 4 is 29.0 Å². The van der Waals surface area contributed by atoms with Gasteiger partial charge in [-0.25, -0.2) is 9.89 Å². The van der Waals surface area contributed by atoms with Crippen molar-refractivity contribution in [2.45, 2.75) is 12.5 Å². The van der Waals surface area contributed by atoms with Gasteiger partial charge in [0, 0.05) is 30.9 Å². The van der Waals surface area contributed by atoms with Crippen molar-refractivity contribution in [1.29, 1.82) is 0 Å². The molecule has 0 bridgehead atoms. The Morgan fingerprint density at radius 2 is 2.32 bits per heavy atom. The van der Waals surface area contributed by atoms with Crippen LogP contribution in [-0.2, 0) is 0 Å². The van der Waals surface area contributed by atoms with Gasteiger partial charge in [-0.3, -0.25) is 4.79 Å². The van der Waals surface area contributed by atoms with Gasteiger partial charge in [-0.15, -0.1) is 0 Å². The molecule has 3 N–H and O–H groups in total. The monoisotopic (exact) mass is 363 g/mol. The van der Waals surface area contributed by atoms with Crippen molar-refractivity contribution < 1.29 is 9.53 Å². The van der Waals surface area contributed by atoms with Gasteiger partial charge < -0.3 is 20.3 Å². The molecule has 8 nitrogen and oxygen atoms in total. The summed E-state index contributed by atoms with van der Waals surface area (Å²) in [7, 11) is 1.57. The second-order valence-corrected chi connectivity index (χ2v) is 6.04. The number of hydrogen-bond acceptors (Lipinski definition) is 5. The Morgan fingerprint density at radius 1 is 1.48 bits per heavy atom. The van der Waals surface area contributed by atoms with Crippen molar-refractivity contribution in [3.63, 3.8) is 0 Å². The standard InChI is InChI=1S/C16H18ClN5O3/c1-25-12-4-2-3-10(7-12)19-16(24)20-11-5-6-22(9-11)13-8-18-21-15(23)14(13)17/h2-4,7-8,11H,5-6,9H2,1H3,(H,21,23)(H2,19,20,24)/t11-/m1/s1. The van der Waals surface area contributed by atoms with Gasteiger partial charge in [0.1, 0.15) is 10.8 Å². The van der Waals surface area contributed by atoms with Crippen LogP contribution in [0.1, 0.15) is 6.42 Å². The number of rotatable bonds is 4. The van der Waals surface area contributed by atoms with E-state index < -0.39 is 5.56 Å². The third-order valence-corrected chi connectivity index (χ3v) is 4.33. The molecule has 25 heavy (non-hydrogen) atoms. The van der Waals surface area contributed by atoms with E-state index in [1.807, 2.05) is 4.90 Å². The first-order valence-electron chi connectivity index (χ1n) is 7.76. The lowest BCUT2D eigenvalue weighted by atomic mass is 10.2. The van der Waals surface area contributed by atoms with Crippen molar-refractivity contribution in [2.75, 3.05) is 30.4 Å².